The summed E-state index contributed by atoms with van der Waals surface area (Å²) in [5.41, 5.74) is 3.51. The monoisotopic (exact) mass is 443 g/mol. The van der Waals surface area contributed by atoms with E-state index < -0.39 is 17.8 Å². The SMILES string of the molecule is CCOc1ccc(N2C(=O)c3oc4cc(C)c(C)cc4c(=O)c3C2c2ccc(F)cc2)cc1. The zero-order valence-corrected chi connectivity index (χ0v) is 18.5. The summed E-state index contributed by atoms with van der Waals surface area (Å²) in [4.78, 5) is 28.8. The van der Waals surface area contributed by atoms with E-state index in [1.807, 2.05) is 20.8 Å². The normalized spacial score (nSPS) is 15.2. The molecule has 1 aliphatic heterocycles. The molecule has 0 saturated carbocycles. The van der Waals surface area contributed by atoms with Gasteiger partial charge < -0.3 is 9.15 Å². The predicted octanol–water partition coefficient (Wildman–Crippen LogP) is 5.70. The van der Waals surface area contributed by atoms with Gasteiger partial charge in [0.05, 0.1) is 23.6 Å². The van der Waals surface area contributed by atoms with Gasteiger partial charge >= 0.3 is 0 Å². The lowest BCUT2D eigenvalue weighted by atomic mass is 9.97. The number of amides is 1. The molecule has 0 bridgehead atoms. The van der Waals surface area contributed by atoms with E-state index in [9.17, 15) is 14.0 Å². The minimum atomic E-state index is -0.742. The molecule has 33 heavy (non-hydrogen) atoms. The molecule has 1 unspecified atom stereocenters. The lowest BCUT2D eigenvalue weighted by Crippen LogP contribution is -2.29. The molecule has 5 rings (SSSR count). The fraction of sp³-hybridized carbons (Fsp3) is 0.185. The van der Waals surface area contributed by atoms with Gasteiger partial charge in [0.25, 0.3) is 5.91 Å². The van der Waals surface area contributed by atoms with Gasteiger partial charge in [0, 0.05) is 5.69 Å². The molecule has 0 N–H and O–H groups in total. The van der Waals surface area contributed by atoms with E-state index in [0.29, 0.717) is 34.6 Å². The summed E-state index contributed by atoms with van der Waals surface area (Å²) in [7, 11) is 0. The maximum absolute atomic E-state index is 13.7. The van der Waals surface area contributed by atoms with Gasteiger partial charge in [0.2, 0.25) is 5.76 Å². The van der Waals surface area contributed by atoms with Crippen molar-refractivity contribution in [2.45, 2.75) is 26.8 Å². The van der Waals surface area contributed by atoms with Crippen LogP contribution < -0.4 is 15.1 Å². The van der Waals surface area contributed by atoms with Crippen molar-refractivity contribution in [1.82, 2.24) is 0 Å². The van der Waals surface area contributed by atoms with Crippen LogP contribution in [-0.4, -0.2) is 12.5 Å². The Morgan fingerprint density at radius 3 is 2.30 bits per heavy atom. The second kappa shape index (κ2) is 7.89. The number of anilines is 1. The number of carbonyl (C=O) groups is 1. The fourth-order valence-corrected chi connectivity index (χ4v) is 4.32. The number of halogens is 1. The zero-order valence-electron chi connectivity index (χ0n) is 18.5. The quantitative estimate of drug-likeness (QED) is 0.406. The number of hydrogen-bond acceptors (Lipinski definition) is 4. The molecular formula is C27H22FNO4. The van der Waals surface area contributed by atoms with E-state index in [1.165, 1.54) is 17.0 Å². The van der Waals surface area contributed by atoms with Gasteiger partial charge in [-0.2, -0.15) is 0 Å². The molecule has 1 amide bonds. The highest BCUT2D eigenvalue weighted by atomic mass is 19.1. The maximum Gasteiger partial charge on any atom is 0.295 e. The number of benzene rings is 3. The summed E-state index contributed by atoms with van der Waals surface area (Å²) in [5.74, 6) is -0.123. The first-order valence-electron chi connectivity index (χ1n) is 10.8. The second-order valence-corrected chi connectivity index (χ2v) is 8.16. The largest absolute Gasteiger partial charge is 0.494 e. The van der Waals surface area contributed by atoms with Crippen molar-refractivity contribution in [3.8, 4) is 5.75 Å². The Bertz CT molecular complexity index is 1440. The van der Waals surface area contributed by atoms with Gasteiger partial charge in [-0.3, -0.25) is 14.5 Å². The average Bonchev–Trinajstić information content (AvgIpc) is 3.09. The Hall–Kier alpha value is -3.93. The van der Waals surface area contributed by atoms with Gasteiger partial charge in [-0.15, -0.1) is 0 Å². The van der Waals surface area contributed by atoms with Crippen molar-refractivity contribution in [2.24, 2.45) is 0 Å². The van der Waals surface area contributed by atoms with Gasteiger partial charge in [-0.05, 0) is 86.0 Å². The second-order valence-electron chi connectivity index (χ2n) is 8.16. The van der Waals surface area contributed by atoms with Crippen LogP contribution in [0.25, 0.3) is 11.0 Å². The summed E-state index contributed by atoms with van der Waals surface area (Å²) in [6.45, 7) is 6.27. The van der Waals surface area contributed by atoms with Crippen molar-refractivity contribution in [1.29, 1.82) is 0 Å². The van der Waals surface area contributed by atoms with Crippen LogP contribution in [0.1, 0.15) is 45.8 Å². The highest BCUT2D eigenvalue weighted by molar-refractivity contribution is 6.10. The molecule has 4 aromatic rings. The molecule has 1 aliphatic rings. The molecule has 0 radical (unpaired) electrons. The van der Waals surface area contributed by atoms with Crippen molar-refractivity contribution >= 4 is 22.6 Å². The molecule has 0 fully saturated rings. The van der Waals surface area contributed by atoms with Crippen LogP contribution in [-0.2, 0) is 0 Å². The molecule has 0 saturated heterocycles. The molecule has 6 heteroatoms. The van der Waals surface area contributed by atoms with E-state index in [4.69, 9.17) is 9.15 Å². The van der Waals surface area contributed by atoms with E-state index in [0.717, 1.165) is 11.1 Å². The van der Waals surface area contributed by atoms with Gasteiger partial charge in [-0.1, -0.05) is 12.1 Å². The van der Waals surface area contributed by atoms with Crippen LogP contribution in [0.5, 0.6) is 5.75 Å². The lowest BCUT2D eigenvalue weighted by Gasteiger charge is -2.25. The predicted molar refractivity (Wildman–Crippen MR) is 125 cm³/mol. The summed E-state index contributed by atoms with van der Waals surface area (Å²) < 4.78 is 25.2. The summed E-state index contributed by atoms with van der Waals surface area (Å²) in [6.07, 6.45) is 0. The number of aryl methyl sites for hydroxylation is 2. The standard InChI is InChI=1S/C27H22FNO4/c1-4-32-20-11-9-19(10-12-20)29-24(17-5-7-18(28)8-6-17)23-25(30)21-13-15(2)16(3)14-22(21)33-26(23)27(29)31/h5-14,24H,4H2,1-3H3. The maximum atomic E-state index is 13.7. The van der Waals surface area contributed by atoms with Crippen LogP contribution in [0.4, 0.5) is 10.1 Å². The molecule has 1 atom stereocenters. The lowest BCUT2D eigenvalue weighted by molar-refractivity contribution is 0.0971. The van der Waals surface area contributed by atoms with Gasteiger partial charge in [-0.25, -0.2) is 4.39 Å². The smallest absolute Gasteiger partial charge is 0.295 e. The molecule has 5 nitrogen and oxygen atoms in total. The van der Waals surface area contributed by atoms with Crippen LogP contribution in [0.2, 0.25) is 0 Å². The zero-order chi connectivity index (χ0) is 23.3. The summed E-state index contributed by atoms with van der Waals surface area (Å²) in [6, 6.07) is 15.7. The third-order valence-electron chi connectivity index (χ3n) is 6.10. The van der Waals surface area contributed by atoms with Crippen molar-refractivity contribution in [2.75, 3.05) is 11.5 Å². The topological polar surface area (TPSA) is 59.8 Å². The summed E-state index contributed by atoms with van der Waals surface area (Å²) in [5, 5.41) is 0.422. The fourth-order valence-electron chi connectivity index (χ4n) is 4.32. The minimum Gasteiger partial charge on any atom is -0.494 e. The van der Waals surface area contributed by atoms with Crippen molar-refractivity contribution in [3.05, 3.63) is 105 Å². The molecular weight excluding hydrogens is 421 g/mol. The van der Waals surface area contributed by atoms with Crippen molar-refractivity contribution < 1.29 is 18.3 Å². The summed E-state index contributed by atoms with van der Waals surface area (Å²) >= 11 is 0. The van der Waals surface area contributed by atoms with Gasteiger partial charge in [0.1, 0.15) is 17.1 Å². The number of hydrogen-bond donors (Lipinski definition) is 0. The van der Waals surface area contributed by atoms with E-state index in [1.54, 1.807) is 48.5 Å². The van der Waals surface area contributed by atoms with Crippen molar-refractivity contribution in [3.63, 3.8) is 0 Å². The number of nitrogens with zero attached hydrogens (tertiary/aromatic N) is 1. The number of carbonyl (C=O) groups excluding carboxylic acids is 1. The first kappa shape index (κ1) is 20.9. The van der Waals surface area contributed by atoms with Crippen LogP contribution >= 0.6 is 0 Å². The van der Waals surface area contributed by atoms with Crippen LogP contribution in [0.3, 0.4) is 0 Å². The van der Waals surface area contributed by atoms with E-state index >= 15 is 0 Å². The number of fused-ring (bicyclic) bond motifs is 2. The molecule has 3 aromatic carbocycles. The Balaban J connectivity index is 1.75. The van der Waals surface area contributed by atoms with Crippen LogP contribution in [0, 0.1) is 19.7 Å². The molecule has 1 aromatic heterocycles. The molecule has 0 spiro atoms. The molecule has 2 heterocycles. The highest BCUT2D eigenvalue weighted by Gasteiger charge is 2.43. The number of rotatable bonds is 4. The Kier molecular flexibility index (Phi) is 5.01. The van der Waals surface area contributed by atoms with E-state index in [2.05, 4.69) is 0 Å². The molecule has 0 aliphatic carbocycles. The third kappa shape index (κ3) is 3.39. The van der Waals surface area contributed by atoms with Crippen LogP contribution in [0.15, 0.2) is 69.9 Å². The first-order chi connectivity index (χ1) is 15.9. The first-order valence-corrected chi connectivity index (χ1v) is 10.8. The average molecular weight is 443 g/mol. The Labute approximate surface area is 190 Å². The van der Waals surface area contributed by atoms with Gasteiger partial charge in [0.15, 0.2) is 5.43 Å². The Morgan fingerprint density at radius 1 is 0.970 bits per heavy atom. The number of ether oxygens (including phenoxy) is 1. The molecule has 166 valence electrons. The third-order valence-corrected chi connectivity index (χ3v) is 6.10. The van der Waals surface area contributed by atoms with E-state index in [-0.39, 0.29) is 16.8 Å². The highest BCUT2D eigenvalue weighted by Crippen LogP contribution is 2.41. The minimum absolute atomic E-state index is 0.0129. The Morgan fingerprint density at radius 2 is 1.64 bits per heavy atom.